The molecule has 0 saturated carbocycles. The Hall–Kier alpha value is -2.81. The second-order valence-corrected chi connectivity index (χ2v) is 8.92. The second kappa shape index (κ2) is 8.51. The molecule has 1 aliphatic heterocycles. The van der Waals surface area contributed by atoms with E-state index in [4.69, 9.17) is 5.14 Å². The van der Waals surface area contributed by atoms with Crippen molar-refractivity contribution in [2.45, 2.75) is 24.3 Å². The Kier molecular flexibility index (Phi) is 5.80. The lowest BCUT2D eigenvalue weighted by atomic mass is 10.1. The van der Waals surface area contributed by atoms with Gasteiger partial charge in [-0.1, -0.05) is 42.5 Å². The smallest absolute Gasteiger partial charge is 0.238 e. The Morgan fingerprint density at radius 1 is 1.07 bits per heavy atom. The number of hydrogen-bond acceptors (Lipinski definition) is 4. The van der Waals surface area contributed by atoms with E-state index in [1.807, 2.05) is 36.4 Å². The number of benzene rings is 2. The van der Waals surface area contributed by atoms with Crippen molar-refractivity contribution in [1.82, 2.24) is 14.7 Å². The van der Waals surface area contributed by atoms with Gasteiger partial charge in [0.05, 0.1) is 10.6 Å². The van der Waals surface area contributed by atoms with Crippen LogP contribution in [-0.4, -0.2) is 36.2 Å². The van der Waals surface area contributed by atoms with Gasteiger partial charge in [0.1, 0.15) is 11.5 Å². The van der Waals surface area contributed by atoms with E-state index >= 15 is 0 Å². The van der Waals surface area contributed by atoms with Gasteiger partial charge in [-0.05, 0) is 36.2 Å². The maximum Gasteiger partial charge on any atom is 0.238 e. The summed E-state index contributed by atoms with van der Waals surface area (Å²) in [7, 11) is -3.98. The summed E-state index contributed by atoms with van der Waals surface area (Å²) in [6.45, 7) is 2.48. The monoisotopic (exact) mass is 426 g/mol. The third kappa shape index (κ3) is 4.67. The molecule has 3 aromatic rings. The van der Waals surface area contributed by atoms with Gasteiger partial charge in [-0.3, -0.25) is 4.90 Å². The molecule has 1 aromatic heterocycles. The molecule has 156 valence electrons. The summed E-state index contributed by atoms with van der Waals surface area (Å²) in [5.41, 5.74) is 2.93. The van der Waals surface area contributed by atoms with Crippen molar-refractivity contribution in [3.8, 4) is 5.69 Å². The zero-order chi connectivity index (χ0) is 21.1. The fraction of sp³-hybridized carbons (Fsp3) is 0.227. The molecule has 2 aromatic carbocycles. The Morgan fingerprint density at radius 3 is 2.53 bits per heavy atom. The van der Waals surface area contributed by atoms with Gasteiger partial charge in [-0.15, -0.1) is 0 Å². The molecular weight excluding hydrogens is 403 g/mol. The lowest BCUT2D eigenvalue weighted by Gasteiger charge is -2.21. The van der Waals surface area contributed by atoms with Gasteiger partial charge in [0.25, 0.3) is 0 Å². The van der Waals surface area contributed by atoms with Gasteiger partial charge in [-0.25, -0.2) is 22.6 Å². The normalized spacial score (nSPS) is 14.9. The first-order valence-corrected chi connectivity index (χ1v) is 11.3. The number of nitrogens with two attached hydrogens (primary N) is 1. The molecule has 0 amide bonds. The summed E-state index contributed by atoms with van der Waals surface area (Å²) in [4.78, 5) is 2.01. The van der Waals surface area contributed by atoms with Crippen LogP contribution in [0.2, 0.25) is 0 Å². The molecular formula is C22H23FN4O2S. The average molecular weight is 427 g/mol. The Labute approximate surface area is 175 Å². The van der Waals surface area contributed by atoms with E-state index in [-0.39, 0.29) is 10.6 Å². The second-order valence-electron chi connectivity index (χ2n) is 7.35. The molecule has 0 bridgehead atoms. The van der Waals surface area contributed by atoms with Crippen molar-refractivity contribution in [2.75, 3.05) is 13.1 Å². The molecule has 30 heavy (non-hydrogen) atoms. The predicted octanol–water partition coefficient (Wildman–Crippen LogP) is 3.01. The van der Waals surface area contributed by atoms with Crippen molar-refractivity contribution in [3.63, 3.8) is 0 Å². The summed E-state index contributed by atoms with van der Waals surface area (Å²) in [6, 6.07) is 15.5. The molecule has 2 heterocycles. The summed E-state index contributed by atoms with van der Waals surface area (Å²) < 4.78 is 39.5. The van der Waals surface area contributed by atoms with Crippen LogP contribution < -0.4 is 5.14 Å². The number of rotatable bonds is 6. The highest BCUT2D eigenvalue weighted by molar-refractivity contribution is 7.89. The highest BCUT2D eigenvalue weighted by Crippen LogP contribution is 2.22. The topological polar surface area (TPSA) is 81.2 Å². The highest BCUT2D eigenvalue weighted by Gasteiger charge is 2.18. The van der Waals surface area contributed by atoms with E-state index in [0.717, 1.165) is 42.5 Å². The van der Waals surface area contributed by atoms with Crippen LogP contribution in [0, 0.1) is 5.82 Å². The van der Waals surface area contributed by atoms with Crippen LogP contribution in [0.15, 0.2) is 71.6 Å². The number of halogens is 1. The Bertz CT molecular complexity index is 1170. The average Bonchev–Trinajstić information content (AvgIpc) is 3.10. The number of sulfonamides is 1. The van der Waals surface area contributed by atoms with Crippen LogP contribution in [0.5, 0.6) is 0 Å². The van der Waals surface area contributed by atoms with Crippen molar-refractivity contribution < 1.29 is 12.8 Å². The summed E-state index contributed by atoms with van der Waals surface area (Å²) in [5.74, 6) is -0.689. The molecule has 4 rings (SSSR count). The van der Waals surface area contributed by atoms with E-state index in [0.29, 0.717) is 13.0 Å². The minimum Gasteiger partial charge on any atom is -0.293 e. The molecule has 6 nitrogen and oxygen atoms in total. The predicted molar refractivity (Wildman–Crippen MR) is 113 cm³/mol. The molecule has 8 heteroatoms. The molecule has 2 N–H and O–H groups in total. The van der Waals surface area contributed by atoms with E-state index in [1.165, 1.54) is 12.1 Å². The zero-order valence-corrected chi connectivity index (χ0v) is 17.2. The lowest BCUT2D eigenvalue weighted by molar-refractivity contribution is 0.286. The quantitative estimate of drug-likeness (QED) is 0.615. The van der Waals surface area contributed by atoms with Gasteiger partial charge < -0.3 is 0 Å². The van der Waals surface area contributed by atoms with Crippen LogP contribution in [0.1, 0.15) is 23.4 Å². The first-order chi connectivity index (χ1) is 14.4. The zero-order valence-electron chi connectivity index (χ0n) is 16.4. The van der Waals surface area contributed by atoms with Crippen LogP contribution in [0.3, 0.4) is 0 Å². The number of aromatic nitrogens is 2. The van der Waals surface area contributed by atoms with Crippen molar-refractivity contribution in [1.29, 1.82) is 0 Å². The Balaban J connectivity index is 1.72. The fourth-order valence-electron chi connectivity index (χ4n) is 3.59. The number of hydrogen-bond donors (Lipinski definition) is 1. The minimum absolute atomic E-state index is 0.193. The molecule has 0 aliphatic carbocycles. The molecule has 0 unspecified atom stereocenters. The standard InChI is InChI=1S/C22H23FN4O2S/c23-21-15-20(30(24,28)29)9-10-22(21)27-19(13-17-7-3-1-4-8-17)14-18(25-27)16-26-11-5-2-6-12-26/h1-5,7-10,14-15H,6,11-13,16H2,(H2,24,28,29). The van der Waals surface area contributed by atoms with Gasteiger partial charge in [0, 0.05) is 31.7 Å². The third-order valence-corrected chi connectivity index (χ3v) is 5.98. The largest absolute Gasteiger partial charge is 0.293 e. The van der Waals surface area contributed by atoms with Gasteiger partial charge in [-0.2, -0.15) is 5.10 Å². The molecule has 0 atom stereocenters. The van der Waals surface area contributed by atoms with Crippen LogP contribution >= 0.6 is 0 Å². The van der Waals surface area contributed by atoms with Crippen LogP contribution in [-0.2, 0) is 23.0 Å². The fourth-order valence-corrected chi connectivity index (χ4v) is 4.12. The first kappa shape index (κ1) is 20.5. The molecule has 0 spiro atoms. The van der Waals surface area contributed by atoms with E-state index in [1.54, 1.807) is 4.68 Å². The van der Waals surface area contributed by atoms with Gasteiger partial charge in [0.15, 0.2) is 0 Å². The highest BCUT2D eigenvalue weighted by atomic mass is 32.2. The van der Waals surface area contributed by atoms with Crippen LogP contribution in [0.25, 0.3) is 5.69 Å². The summed E-state index contributed by atoms with van der Waals surface area (Å²) in [5, 5.41) is 9.78. The molecule has 0 fully saturated rings. The third-order valence-electron chi connectivity index (χ3n) is 5.07. The van der Waals surface area contributed by atoms with Crippen LogP contribution in [0.4, 0.5) is 4.39 Å². The van der Waals surface area contributed by atoms with Crippen molar-refractivity contribution in [3.05, 3.63) is 89.5 Å². The van der Waals surface area contributed by atoms with Crippen molar-refractivity contribution in [2.24, 2.45) is 5.14 Å². The van der Waals surface area contributed by atoms with Crippen molar-refractivity contribution >= 4 is 10.0 Å². The molecule has 0 saturated heterocycles. The maximum atomic E-state index is 14.9. The van der Waals surface area contributed by atoms with Gasteiger partial charge >= 0.3 is 0 Å². The summed E-state index contributed by atoms with van der Waals surface area (Å²) in [6.07, 6.45) is 5.88. The van der Waals surface area contributed by atoms with E-state index in [2.05, 4.69) is 22.2 Å². The maximum absolute atomic E-state index is 14.9. The minimum atomic E-state index is -3.98. The van der Waals surface area contributed by atoms with E-state index < -0.39 is 15.8 Å². The SMILES string of the molecule is NS(=O)(=O)c1ccc(-n2nc(CN3CC=CCC3)cc2Cc2ccccc2)c(F)c1. The lowest BCUT2D eigenvalue weighted by Crippen LogP contribution is -2.26. The van der Waals surface area contributed by atoms with E-state index in [9.17, 15) is 12.8 Å². The summed E-state index contributed by atoms with van der Waals surface area (Å²) >= 11 is 0. The molecule has 1 aliphatic rings. The molecule has 0 radical (unpaired) electrons. The Morgan fingerprint density at radius 2 is 1.87 bits per heavy atom. The first-order valence-electron chi connectivity index (χ1n) is 9.72. The number of primary sulfonamides is 1. The number of nitrogens with zero attached hydrogens (tertiary/aromatic N) is 3. The van der Waals surface area contributed by atoms with Gasteiger partial charge in [0.2, 0.25) is 10.0 Å².